The molecule has 1 fully saturated rings. The van der Waals surface area contributed by atoms with Crippen LogP contribution in [0.4, 0.5) is 17.5 Å². The highest BCUT2D eigenvalue weighted by molar-refractivity contribution is 6.30. The van der Waals surface area contributed by atoms with Gasteiger partial charge in [-0.05, 0) is 43.7 Å². The van der Waals surface area contributed by atoms with E-state index in [2.05, 4.69) is 34.3 Å². The van der Waals surface area contributed by atoms with E-state index < -0.39 is 0 Å². The van der Waals surface area contributed by atoms with Gasteiger partial charge in [-0.1, -0.05) is 41.4 Å². The summed E-state index contributed by atoms with van der Waals surface area (Å²) < 4.78 is 0. The van der Waals surface area contributed by atoms with Crippen molar-refractivity contribution >= 4 is 35.0 Å². The minimum Gasteiger partial charge on any atom is -0.353 e. The molecule has 160 valence electrons. The Morgan fingerprint density at radius 2 is 1.65 bits per heavy atom. The summed E-state index contributed by atoms with van der Waals surface area (Å²) in [6.45, 7) is 6.87. The van der Waals surface area contributed by atoms with Crippen LogP contribution in [0.1, 0.15) is 16.8 Å². The molecule has 6 nitrogen and oxygen atoms in total. The SMILES string of the molecule is Cc1ccc(Nc2nc(C)cc(N3CCN(C(=O)Cc4ccc(Cl)cc4)CC3)n2)cc1. The van der Waals surface area contributed by atoms with Gasteiger partial charge in [-0.15, -0.1) is 0 Å². The van der Waals surface area contributed by atoms with Crippen LogP contribution >= 0.6 is 11.6 Å². The third-order valence-electron chi connectivity index (χ3n) is 5.37. The van der Waals surface area contributed by atoms with Crippen LogP contribution in [0.15, 0.2) is 54.6 Å². The van der Waals surface area contributed by atoms with Crippen LogP contribution in [-0.2, 0) is 11.2 Å². The number of aromatic nitrogens is 2. The van der Waals surface area contributed by atoms with Crippen molar-refractivity contribution in [3.63, 3.8) is 0 Å². The molecular formula is C24H26ClN5O. The summed E-state index contributed by atoms with van der Waals surface area (Å²) in [6, 6.07) is 17.6. The minimum absolute atomic E-state index is 0.141. The largest absolute Gasteiger partial charge is 0.353 e. The quantitative estimate of drug-likeness (QED) is 0.644. The van der Waals surface area contributed by atoms with Crippen LogP contribution in [0.3, 0.4) is 0 Å². The van der Waals surface area contributed by atoms with Gasteiger partial charge in [-0.3, -0.25) is 4.79 Å². The van der Waals surface area contributed by atoms with Gasteiger partial charge in [-0.2, -0.15) is 4.98 Å². The van der Waals surface area contributed by atoms with Gasteiger partial charge in [0, 0.05) is 48.6 Å². The number of hydrogen-bond donors (Lipinski definition) is 1. The second-order valence-corrected chi connectivity index (χ2v) is 8.29. The number of halogens is 1. The number of aryl methyl sites for hydroxylation is 2. The van der Waals surface area contributed by atoms with E-state index in [-0.39, 0.29) is 5.91 Å². The molecule has 0 saturated carbocycles. The van der Waals surface area contributed by atoms with E-state index in [0.717, 1.165) is 35.9 Å². The van der Waals surface area contributed by atoms with Crippen molar-refractivity contribution in [1.82, 2.24) is 14.9 Å². The van der Waals surface area contributed by atoms with Gasteiger partial charge < -0.3 is 15.1 Å². The Bertz CT molecular complexity index is 1040. The Hall–Kier alpha value is -3.12. The van der Waals surface area contributed by atoms with Gasteiger partial charge >= 0.3 is 0 Å². The molecule has 1 aromatic heterocycles. The number of nitrogens with zero attached hydrogens (tertiary/aromatic N) is 4. The number of carbonyl (C=O) groups is 1. The number of carbonyl (C=O) groups excluding carboxylic acids is 1. The Morgan fingerprint density at radius 3 is 2.32 bits per heavy atom. The second-order valence-electron chi connectivity index (χ2n) is 7.85. The highest BCUT2D eigenvalue weighted by Crippen LogP contribution is 2.20. The van der Waals surface area contributed by atoms with E-state index in [4.69, 9.17) is 16.6 Å². The fourth-order valence-corrected chi connectivity index (χ4v) is 3.74. The molecule has 1 aliphatic rings. The average Bonchev–Trinajstić information content (AvgIpc) is 2.77. The van der Waals surface area contributed by atoms with Gasteiger partial charge in [-0.25, -0.2) is 4.98 Å². The van der Waals surface area contributed by atoms with E-state index in [1.54, 1.807) is 0 Å². The smallest absolute Gasteiger partial charge is 0.229 e. The number of nitrogens with one attached hydrogen (secondary N) is 1. The lowest BCUT2D eigenvalue weighted by Gasteiger charge is -2.35. The van der Waals surface area contributed by atoms with Crippen LogP contribution in [0.5, 0.6) is 0 Å². The van der Waals surface area contributed by atoms with Gasteiger partial charge in [0.2, 0.25) is 11.9 Å². The highest BCUT2D eigenvalue weighted by Gasteiger charge is 2.22. The molecule has 7 heteroatoms. The Morgan fingerprint density at radius 1 is 0.968 bits per heavy atom. The zero-order valence-electron chi connectivity index (χ0n) is 17.8. The number of benzene rings is 2. The molecule has 1 amide bonds. The number of piperazine rings is 1. The Balaban J connectivity index is 1.37. The average molecular weight is 436 g/mol. The molecule has 2 aromatic carbocycles. The lowest BCUT2D eigenvalue weighted by Crippen LogP contribution is -2.49. The molecular weight excluding hydrogens is 410 g/mol. The third kappa shape index (κ3) is 5.52. The van der Waals surface area contributed by atoms with Crippen LogP contribution in [0.25, 0.3) is 0 Å². The zero-order valence-corrected chi connectivity index (χ0v) is 18.6. The van der Waals surface area contributed by atoms with E-state index in [0.29, 0.717) is 30.5 Å². The maximum absolute atomic E-state index is 12.7. The van der Waals surface area contributed by atoms with Gasteiger partial charge in [0.25, 0.3) is 0 Å². The van der Waals surface area contributed by atoms with Crippen molar-refractivity contribution in [2.75, 3.05) is 36.4 Å². The van der Waals surface area contributed by atoms with Crippen LogP contribution in [0, 0.1) is 13.8 Å². The molecule has 0 radical (unpaired) electrons. The Kier molecular flexibility index (Phi) is 6.37. The van der Waals surface area contributed by atoms with E-state index in [1.807, 2.05) is 54.3 Å². The third-order valence-corrected chi connectivity index (χ3v) is 5.63. The first-order valence-corrected chi connectivity index (χ1v) is 10.8. The standard InChI is InChI=1S/C24H26ClN5O/c1-17-3-9-21(10-4-17)27-24-26-18(2)15-22(28-24)29-11-13-30(14-12-29)23(31)16-19-5-7-20(25)8-6-19/h3-10,15H,11-14,16H2,1-2H3,(H,26,27,28). The topological polar surface area (TPSA) is 61.4 Å². The van der Waals surface area contributed by atoms with Gasteiger partial charge in [0.1, 0.15) is 5.82 Å². The van der Waals surface area contributed by atoms with Crippen molar-refractivity contribution in [3.8, 4) is 0 Å². The predicted molar refractivity (Wildman–Crippen MR) is 125 cm³/mol. The normalized spacial score (nSPS) is 13.9. The maximum atomic E-state index is 12.7. The van der Waals surface area contributed by atoms with Crippen molar-refractivity contribution in [1.29, 1.82) is 0 Å². The fraction of sp³-hybridized carbons (Fsp3) is 0.292. The molecule has 0 aliphatic carbocycles. The summed E-state index contributed by atoms with van der Waals surface area (Å²) in [6.07, 6.45) is 0.397. The number of rotatable bonds is 5. The summed E-state index contributed by atoms with van der Waals surface area (Å²) >= 11 is 5.93. The number of anilines is 3. The van der Waals surface area contributed by atoms with Crippen molar-refractivity contribution < 1.29 is 4.79 Å². The van der Waals surface area contributed by atoms with E-state index >= 15 is 0 Å². The maximum Gasteiger partial charge on any atom is 0.229 e. The highest BCUT2D eigenvalue weighted by atomic mass is 35.5. The van der Waals surface area contributed by atoms with Crippen LogP contribution in [0.2, 0.25) is 5.02 Å². The first kappa shape index (κ1) is 21.1. The van der Waals surface area contributed by atoms with Gasteiger partial charge in [0.15, 0.2) is 0 Å². The second kappa shape index (κ2) is 9.35. The van der Waals surface area contributed by atoms with Crippen molar-refractivity contribution in [2.45, 2.75) is 20.3 Å². The molecule has 1 saturated heterocycles. The monoisotopic (exact) mass is 435 g/mol. The lowest BCUT2D eigenvalue weighted by molar-refractivity contribution is -0.130. The zero-order chi connectivity index (χ0) is 21.8. The molecule has 1 N–H and O–H groups in total. The molecule has 1 aliphatic heterocycles. The lowest BCUT2D eigenvalue weighted by atomic mass is 10.1. The summed E-state index contributed by atoms with van der Waals surface area (Å²) in [4.78, 5) is 26.0. The molecule has 2 heterocycles. The van der Waals surface area contributed by atoms with Crippen molar-refractivity contribution in [2.24, 2.45) is 0 Å². The van der Waals surface area contributed by atoms with E-state index in [9.17, 15) is 4.79 Å². The van der Waals surface area contributed by atoms with Gasteiger partial charge in [0.05, 0.1) is 6.42 Å². The summed E-state index contributed by atoms with van der Waals surface area (Å²) in [5, 5.41) is 3.97. The fourth-order valence-electron chi connectivity index (χ4n) is 3.61. The first-order valence-electron chi connectivity index (χ1n) is 10.4. The summed E-state index contributed by atoms with van der Waals surface area (Å²) in [5.41, 5.74) is 4.05. The molecule has 0 bridgehead atoms. The molecule has 4 rings (SSSR count). The molecule has 0 atom stereocenters. The molecule has 0 spiro atoms. The number of hydrogen-bond acceptors (Lipinski definition) is 5. The predicted octanol–water partition coefficient (Wildman–Crippen LogP) is 4.38. The molecule has 0 unspecified atom stereocenters. The minimum atomic E-state index is 0.141. The number of amides is 1. The molecule has 31 heavy (non-hydrogen) atoms. The van der Waals surface area contributed by atoms with E-state index in [1.165, 1.54) is 5.56 Å². The van der Waals surface area contributed by atoms with Crippen LogP contribution < -0.4 is 10.2 Å². The summed E-state index contributed by atoms with van der Waals surface area (Å²) in [7, 11) is 0. The summed E-state index contributed by atoms with van der Waals surface area (Å²) in [5.74, 6) is 1.61. The molecule has 3 aromatic rings. The Labute approximate surface area is 187 Å². The van der Waals surface area contributed by atoms with Crippen molar-refractivity contribution in [3.05, 3.63) is 76.4 Å². The first-order chi connectivity index (χ1) is 15.0. The van der Waals surface area contributed by atoms with Crippen LogP contribution in [-0.4, -0.2) is 47.0 Å².